The van der Waals surface area contributed by atoms with Crippen LogP contribution in [0.2, 0.25) is 0 Å². The summed E-state index contributed by atoms with van der Waals surface area (Å²) >= 11 is 1.57. The normalized spacial score (nSPS) is 10.4. The van der Waals surface area contributed by atoms with Crippen molar-refractivity contribution in [2.75, 3.05) is 13.6 Å². The molecule has 0 bridgehead atoms. The third-order valence-corrected chi connectivity index (χ3v) is 2.95. The first kappa shape index (κ1) is 11.8. The van der Waals surface area contributed by atoms with Crippen LogP contribution in [0.5, 0.6) is 0 Å². The highest BCUT2D eigenvalue weighted by molar-refractivity contribution is 7.13. The highest BCUT2D eigenvalue weighted by Gasteiger charge is 2.08. The number of amides is 1. The average molecular weight is 251 g/mol. The lowest BCUT2D eigenvalue weighted by atomic mass is 10.4. The molecule has 2 aromatic rings. The molecular formula is C11H13N3O2S. The number of aromatic nitrogens is 1. The fourth-order valence-corrected chi connectivity index (χ4v) is 1.97. The van der Waals surface area contributed by atoms with Gasteiger partial charge in [-0.1, -0.05) is 6.07 Å². The Morgan fingerprint density at radius 1 is 1.59 bits per heavy atom. The van der Waals surface area contributed by atoms with E-state index < -0.39 is 0 Å². The van der Waals surface area contributed by atoms with E-state index in [0.29, 0.717) is 19.0 Å². The van der Waals surface area contributed by atoms with Crippen LogP contribution in [0.4, 0.5) is 0 Å². The number of nitrogens with one attached hydrogen (secondary N) is 2. The van der Waals surface area contributed by atoms with Crippen molar-refractivity contribution in [1.82, 2.24) is 15.6 Å². The van der Waals surface area contributed by atoms with Crippen molar-refractivity contribution < 1.29 is 9.21 Å². The minimum atomic E-state index is -0.0619. The molecule has 0 atom stereocenters. The number of carbonyl (C=O) groups excluding carboxylic acids is 1. The van der Waals surface area contributed by atoms with Gasteiger partial charge in [0.05, 0.1) is 23.7 Å². The molecule has 0 radical (unpaired) electrons. The van der Waals surface area contributed by atoms with Crippen molar-refractivity contribution in [2.24, 2.45) is 0 Å². The molecule has 17 heavy (non-hydrogen) atoms. The van der Waals surface area contributed by atoms with Crippen molar-refractivity contribution in [1.29, 1.82) is 0 Å². The van der Waals surface area contributed by atoms with Crippen molar-refractivity contribution in [3.05, 3.63) is 29.5 Å². The molecule has 2 heterocycles. The van der Waals surface area contributed by atoms with Crippen molar-refractivity contribution >= 4 is 17.2 Å². The number of oxazole rings is 1. The third kappa shape index (κ3) is 3.15. The summed E-state index contributed by atoms with van der Waals surface area (Å²) in [4.78, 5) is 16.5. The van der Waals surface area contributed by atoms with Gasteiger partial charge in [0.15, 0.2) is 0 Å². The summed E-state index contributed by atoms with van der Waals surface area (Å²) in [6.45, 7) is 0.686. The van der Waals surface area contributed by atoms with Gasteiger partial charge in [0.25, 0.3) is 0 Å². The molecule has 0 spiro atoms. The molecule has 1 amide bonds. The fraction of sp³-hybridized carbons (Fsp3) is 0.273. The van der Waals surface area contributed by atoms with Crippen molar-refractivity contribution in [2.45, 2.75) is 6.54 Å². The zero-order chi connectivity index (χ0) is 12.1. The maximum absolute atomic E-state index is 11.2. The topological polar surface area (TPSA) is 67.2 Å². The molecule has 0 unspecified atom stereocenters. The van der Waals surface area contributed by atoms with Crippen LogP contribution < -0.4 is 10.6 Å². The summed E-state index contributed by atoms with van der Waals surface area (Å²) < 4.78 is 5.33. The van der Waals surface area contributed by atoms with E-state index in [0.717, 1.165) is 10.6 Å². The number of rotatable bonds is 5. The van der Waals surface area contributed by atoms with Gasteiger partial charge in [-0.05, 0) is 18.5 Å². The zero-order valence-corrected chi connectivity index (χ0v) is 10.2. The van der Waals surface area contributed by atoms with E-state index in [9.17, 15) is 4.79 Å². The van der Waals surface area contributed by atoms with Crippen molar-refractivity contribution in [3.63, 3.8) is 0 Å². The number of nitrogens with zero attached hydrogens (tertiary/aromatic N) is 1. The average Bonchev–Trinajstić information content (AvgIpc) is 2.97. The van der Waals surface area contributed by atoms with Crippen LogP contribution in [0.1, 0.15) is 5.69 Å². The molecule has 2 rings (SSSR count). The van der Waals surface area contributed by atoms with E-state index in [4.69, 9.17) is 4.42 Å². The van der Waals surface area contributed by atoms with Gasteiger partial charge < -0.3 is 15.1 Å². The molecule has 0 fully saturated rings. The standard InChI is InChI=1S/C11H13N3O2S/c1-12-6-10(15)13-5-8-7-16-11(14-8)9-3-2-4-17-9/h2-4,7,12H,5-6H2,1H3,(H,13,15). The second-order valence-corrected chi connectivity index (χ2v) is 4.38. The van der Waals surface area contributed by atoms with Crippen LogP contribution in [0.25, 0.3) is 10.8 Å². The van der Waals surface area contributed by atoms with Gasteiger partial charge in [0.1, 0.15) is 6.26 Å². The van der Waals surface area contributed by atoms with Crippen LogP contribution in [-0.2, 0) is 11.3 Å². The summed E-state index contributed by atoms with van der Waals surface area (Å²) in [5.41, 5.74) is 0.720. The Morgan fingerprint density at radius 2 is 2.47 bits per heavy atom. The number of hydrogen-bond donors (Lipinski definition) is 2. The second kappa shape index (κ2) is 5.60. The first-order valence-corrected chi connectivity index (χ1v) is 6.07. The van der Waals surface area contributed by atoms with Crippen LogP contribution in [0.15, 0.2) is 28.2 Å². The van der Waals surface area contributed by atoms with Gasteiger partial charge in [-0.15, -0.1) is 11.3 Å². The monoisotopic (exact) mass is 251 g/mol. The van der Waals surface area contributed by atoms with Gasteiger partial charge >= 0.3 is 0 Å². The van der Waals surface area contributed by atoms with Crippen molar-refractivity contribution in [3.8, 4) is 10.8 Å². The number of likely N-dealkylation sites (N-methyl/N-ethyl adjacent to an activating group) is 1. The Morgan fingerprint density at radius 3 is 3.18 bits per heavy atom. The van der Waals surface area contributed by atoms with Crippen LogP contribution in [-0.4, -0.2) is 24.5 Å². The lowest BCUT2D eigenvalue weighted by Crippen LogP contribution is -2.31. The molecule has 0 saturated heterocycles. The molecular weight excluding hydrogens is 238 g/mol. The van der Waals surface area contributed by atoms with E-state index in [2.05, 4.69) is 15.6 Å². The Labute approximate surface area is 103 Å². The van der Waals surface area contributed by atoms with Crippen LogP contribution in [0, 0.1) is 0 Å². The van der Waals surface area contributed by atoms with Gasteiger partial charge in [-0.3, -0.25) is 4.79 Å². The maximum Gasteiger partial charge on any atom is 0.236 e. The van der Waals surface area contributed by atoms with Gasteiger partial charge in [-0.2, -0.15) is 0 Å². The predicted molar refractivity (Wildman–Crippen MR) is 65.6 cm³/mol. The number of hydrogen-bond acceptors (Lipinski definition) is 5. The minimum Gasteiger partial charge on any atom is -0.443 e. The highest BCUT2D eigenvalue weighted by Crippen LogP contribution is 2.23. The minimum absolute atomic E-state index is 0.0619. The Bertz CT molecular complexity index is 479. The van der Waals surface area contributed by atoms with Crippen LogP contribution in [0.3, 0.4) is 0 Å². The molecule has 0 aliphatic heterocycles. The molecule has 0 aliphatic carbocycles. The first-order chi connectivity index (χ1) is 8.29. The van der Waals surface area contributed by atoms with Gasteiger partial charge in [0.2, 0.25) is 11.8 Å². The van der Waals surface area contributed by atoms with E-state index in [1.165, 1.54) is 0 Å². The van der Waals surface area contributed by atoms with E-state index in [1.54, 1.807) is 24.6 Å². The molecule has 5 nitrogen and oxygen atoms in total. The predicted octanol–water partition coefficient (Wildman–Crippen LogP) is 1.24. The highest BCUT2D eigenvalue weighted by atomic mass is 32.1. The Kier molecular flexibility index (Phi) is 3.89. The van der Waals surface area contributed by atoms with Gasteiger partial charge in [0, 0.05) is 0 Å². The fourth-order valence-electron chi connectivity index (χ4n) is 1.31. The number of thiophene rings is 1. The van der Waals surface area contributed by atoms with Gasteiger partial charge in [-0.25, -0.2) is 4.98 Å². The van der Waals surface area contributed by atoms with E-state index in [1.807, 2.05) is 17.5 Å². The maximum atomic E-state index is 11.2. The molecule has 2 N–H and O–H groups in total. The summed E-state index contributed by atoms with van der Waals surface area (Å²) in [6, 6.07) is 3.89. The largest absolute Gasteiger partial charge is 0.443 e. The molecule has 0 aliphatic rings. The molecule has 2 aromatic heterocycles. The quantitative estimate of drug-likeness (QED) is 0.839. The van der Waals surface area contributed by atoms with E-state index >= 15 is 0 Å². The van der Waals surface area contributed by atoms with E-state index in [-0.39, 0.29) is 5.91 Å². The Balaban J connectivity index is 1.93. The summed E-state index contributed by atoms with van der Waals surface area (Å²) in [6.07, 6.45) is 1.56. The zero-order valence-electron chi connectivity index (χ0n) is 9.40. The first-order valence-electron chi connectivity index (χ1n) is 5.19. The van der Waals surface area contributed by atoms with Crippen LogP contribution >= 0.6 is 11.3 Å². The second-order valence-electron chi connectivity index (χ2n) is 3.43. The third-order valence-electron chi connectivity index (χ3n) is 2.09. The summed E-state index contributed by atoms with van der Waals surface area (Å²) in [7, 11) is 1.73. The smallest absolute Gasteiger partial charge is 0.236 e. The summed E-state index contributed by atoms with van der Waals surface area (Å²) in [5, 5.41) is 7.48. The lowest BCUT2D eigenvalue weighted by molar-refractivity contribution is -0.120. The molecule has 90 valence electrons. The number of carbonyl (C=O) groups is 1. The lowest BCUT2D eigenvalue weighted by Gasteiger charge is -2.00. The molecule has 0 aromatic carbocycles. The molecule has 6 heteroatoms. The Hall–Kier alpha value is -1.66. The molecule has 0 saturated carbocycles. The SMILES string of the molecule is CNCC(=O)NCc1coc(-c2cccs2)n1. The summed E-state index contributed by atoms with van der Waals surface area (Å²) in [5.74, 6) is 0.533.